The maximum atomic E-state index is 2.51. The van der Waals surface area contributed by atoms with Crippen molar-refractivity contribution in [2.45, 2.75) is 82.6 Å². The molecule has 17 heavy (non-hydrogen) atoms. The van der Waals surface area contributed by atoms with E-state index in [2.05, 4.69) is 76.2 Å². The molecule has 0 saturated carbocycles. The smallest absolute Gasteiger partial charge is 0.0195 e. The van der Waals surface area contributed by atoms with E-state index in [1.54, 1.807) is 0 Å². The largest absolute Gasteiger partial charge is 0.0649 e. The first-order chi connectivity index (χ1) is 7.25. The Balaban J connectivity index is 5.85. The highest BCUT2D eigenvalue weighted by atomic mass is 14.6. The first-order valence-corrected chi connectivity index (χ1v) is 7.25. The molecule has 0 fully saturated rings. The molecule has 1 unspecified atom stereocenters. The van der Waals surface area contributed by atoms with Gasteiger partial charge >= 0.3 is 0 Å². The molecule has 0 rings (SSSR count). The van der Waals surface area contributed by atoms with Crippen LogP contribution < -0.4 is 0 Å². The van der Waals surface area contributed by atoms with Gasteiger partial charge in [-0.25, -0.2) is 0 Å². The maximum absolute atomic E-state index is 2.51. The van der Waals surface area contributed by atoms with Gasteiger partial charge in [0.1, 0.15) is 0 Å². The van der Waals surface area contributed by atoms with Gasteiger partial charge in [0, 0.05) is 0 Å². The van der Waals surface area contributed by atoms with Gasteiger partial charge in [0.25, 0.3) is 0 Å². The molecule has 0 saturated heterocycles. The van der Waals surface area contributed by atoms with Crippen LogP contribution in [0.4, 0.5) is 0 Å². The summed E-state index contributed by atoms with van der Waals surface area (Å²) in [4.78, 5) is 0. The van der Waals surface area contributed by atoms with Crippen molar-refractivity contribution in [3.05, 3.63) is 0 Å². The van der Waals surface area contributed by atoms with Crippen molar-refractivity contribution in [1.82, 2.24) is 0 Å². The fraction of sp³-hybridized carbons (Fsp3) is 1.00. The second-order valence-electron chi connectivity index (χ2n) is 8.47. The van der Waals surface area contributed by atoms with Crippen molar-refractivity contribution in [1.29, 1.82) is 0 Å². The Labute approximate surface area is 111 Å². The summed E-state index contributed by atoms with van der Waals surface area (Å²) in [5, 5.41) is 0. The van der Waals surface area contributed by atoms with E-state index in [-0.39, 0.29) is 0 Å². The molecule has 0 aliphatic rings. The van der Waals surface area contributed by atoms with Gasteiger partial charge in [-0.1, -0.05) is 82.6 Å². The zero-order chi connectivity index (χ0) is 14.3. The highest BCUT2D eigenvalue weighted by molar-refractivity contribution is 5.04. The van der Waals surface area contributed by atoms with Gasteiger partial charge in [-0.3, -0.25) is 0 Å². The van der Waals surface area contributed by atoms with Crippen molar-refractivity contribution in [3.8, 4) is 0 Å². The van der Waals surface area contributed by atoms with Crippen LogP contribution in [0, 0.1) is 27.6 Å². The van der Waals surface area contributed by atoms with Gasteiger partial charge in [0.05, 0.1) is 0 Å². The molecule has 0 aromatic heterocycles. The minimum absolute atomic E-state index is 0.299. The Kier molecular flexibility index (Phi) is 4.59. The van der Waals surface area contributed by atoms with Crippen LogP contribution in [0.5, 0.6) is 0 Å². The summed E-state index contributed by atoms with van der Waals surface area (Å²) < 4.78 is 0. The molecule has 0 aromatic carbocycles. The zero-order valence-electron chi connectivity index (χ0n) is 14.3. The molecular formula is C17H36. The Morgan fingerprint density at radius 1 is 0.765 bits per heavy atom. The lowest BCUT2D eigenvalue weighted by atomic mass is 9.43. The van der Waals surface area contributed by atoms with Crippen molar-refractivity contribution in [3.63, 3.8) is 0 Å². The van der Waals surface area contributed by atoms with E-state index in [4.69, 9.17) is 0 Å². The minimum atomic E-state index is 0.299. The highest BCUT2D eigenvalue weighted by Gasteiger charge is 2.56. The average Bonchev–Trinajstić information content (AvgIpc) is 2.13. The van der Waals surface area contributed by atoms with E-state index in [0.29, 0.717) is 27.6 Å². The number of rotatable bonds is 4. The van der Waals surface area contributed by atoms with E-state index in [9.17, 15) is 0 Å². The van der Waals surface area contributed by atoms with Crippen LogP contribution in [-0.4, -0.2) is 0 Å². The van der Waals surface area contributed by atoms with E-state index >= 15 is 0 Å². The predicted molar refractivity (Wildman–Crippen MR) is 80.3 cm³/mol. The topological polar surface area (TPSA) is 0 Å². The van der Waals surface area contributed by atoms with Gasteiger partial charge in [0.15, 0.2) is 0 Å². The molecule has 0 heterocycles. The maximum Gasteiger partial charge on any atom is -0.0195 e. The predicted octanol–water partition coefficient (Wildman–Crippen LogP) is 6.16. The van der Waals surface area contributed by atoms with Crippen LogP contribution in [0.2, 0.25) is 0 Å². The van der Waals surface area contributed by atoms with Crippen molar-refractivity contribution >= 4 is 0 Å². The molecule has 0 aliphatic heterocycles. The summed E-state index contributed by atoms with van der Waals surface area (Å²) in [6, 6.07) is 0. The summed E-state index contributed by atoms with van der Waals surface area (Å²) in [5.74, 6) is 0.687. The molecule has 104 valence electrons. The number of hydrogen-bond donors (Lipinski definition) is 0. The lowest BCUT2D eigenvalue weighted by Crippen LogP contribution is -2.55. The van der Waals surface area contributed by atoms with E-state index < -0.39 is 0 Å². The van der Waals surface area contributed by atoms with Crippen LogP contribution in [0.1, 0.15) is 82.6 Å². The molecular weight excluding hydrogens is 204 g/mol. The zero-order valence-corrected chi connectivity index (χ0v) is 14.3. The fourth-order valence-corrected chi connectivity index (χ4v) is 3.50. The number of hydrogen-bond acceptors (Lipinski definition) is 0. The average molecular weight is 240 g/mol. The Morgan fingerprint density at radius 2 is 1.12 bits per heavy atom. The second kappa shape index (κ2) is 4.59. The fourth-order valence-electron chi connectivity index (χ4n) is 3.50. The van der Waals surface area contributed by atoms with Crippen molar-refractivity contribution in [2.75, 3.05) is 0 Å². The first kappa shape index (κ1) is 17.0. The van der Waals surface area contributed by atoms with E-state index in [0.717, 1.165) is 0 Å². The molecule has 0 aliphatic carbocycles. The Morgan fingerprint density at radius 3 is 1.29 bits per heavy atom. The van der Waals surface area contributed by atoms with Crippen molar-refractivity contribution in [2.24, 2.45) is 27.6 Å². The van der Waals surface area contributed by atoms with Gasteiger partial charge in [-0.2, -0.15) is 0 Å². The molecule has 0 bridgehead atoms. The summed E-state index contributed by atoms with van der Waals surface area (Å²) in [6.45, 7) is 26.6. The first-order valence-electron chi connectivity index (χ1n) is 7.25. The van der Waals surface area contributed by atoms with Crippen LogP contribution in [0.15, 0.2) is 0 Å². The molecule has 0 radical (unpaired) electrons. The third-order valence-corrected chi connectivity index (χ3v) is 6.62. The Hall–Kier alpha value is 0. The highest BCUT2D eigenvalue weighted by Crippen LogP contribution is 2.63. The SMILES string of the molecule is CCC(C)(C)C(C)(C(C)C)C(C)(C)C(C)(C)C. The van der Waals surface area contributed by atoms with Crippen LogP contribution in [0.3, 0.4) is 0 Å². The normalized spacial score (nSPS) is 18.4. The van der Waals surface area contributed by atoms with Crippen LogP contribution >= 0.6 is 0 Å². The summed E-state index contributed by atoms with van der Waals surface area (Å²) >= 11 is 0. The molecule has 0 spiro atoms. The monoisotopic (exact) mass is 240 g/mol. The van der Waals surface area contributed by atoms with Crippen LogP contribution in [0.25, 0.3) is 0 Å². The lowest BCUT2D eigenvalue weighted by molar-refractivity contribution is -0.132. The third kappa shape index (κ3) is 2.42. The molecule has 0 nitrogen and oxygen atoms in total. The second-order valence-corrected chi connectivity index (χ2v) is 8.47. The van der Waals surface area contributed by atoms with Gasteiger partial charge < -0.3 is 0 Å². The molecule has 0 amide bonds. The standard InChI is InChI=1S/C17H36/c1-12-15(7,8)17(11,13(2)3)16(9,10)14(4,5)6/h13H,12H2,1-11H3. The van der Waals surface area contributed by atoms with E-state index in [1.807, 2.05) is 0 Å². The van der Waals surface area contributed by atoms with Gasteiger partial charge in [0.2, 0.25) is 0 Å². The molecule has 0 heteroatoms. The Bertz CT molecular complexity index is 250. The van der Waals surface area contributed by atoms with Gasteiger partial charge in [-0.05, 0) is 27.6 Å². The minimum Gasteiger partial charge on any atom is -0.0649 e. The summed E-state index contributed by atoms with van der Waals surface area (Å²) in [7, 11) is 0. The summed E-state index contributed by atoms with van der Waals surface area (Å²) in [5.41, 5.74) is 1.30. The molecule has 1 atom stereocenters. The quantitative estimate of drug-likeness (QED) is 0.552. The van der Waals surface area contributed by atoms with E-state index in [1.165, 1.54) is 6.42 Å². The van der Waals surface area contributed by atoms with Crippen LogP contribution in [-0.2, 0) is 0 Å². The van der Waals surface area contributed by atoms with Crippen molar-refractivity contribution < 1.29 is 0 Å². The summed E-state index contributed by atoms with van der Waals surface area (Å²) in [6.07, 6.45) is 1.24. The van der Waals surface area contributed by atoms with Gasteiger partial charge in [-0.15, -0.1) is 0 Å². The third-order valence-electron chi connectivity index (χ3n) is 6.62. The molecule has 0 N–H and O–H groups in total. The molecule has 0 aromatic rings. The lowest BCUT2D eigenvalue weighted by Gasteiger charge is -2.62.